The quantitative estimate of drug-likeness (QED) is 0.0567. The van der Waals surface area contributed by atoms with E-state index in [2.05, 4.69) is 0 Å². The summed E-state index contributed by atoms with van der Waals surface area (Å²) >= 11 is 0. The molecule has 0 saturated heterocycles. The summed E-state index contributed by atoms with van der Waals surface area (Å²) in [6.07, 6.45) is -1.08. The van der Waals surface area contributed by atoms with Crippen molar-refractivity contribution in [3.8, 4) is 0 Å². The number of esters is 8. The first-order valence-electron chi connectivity index (χ1n) is 19.3. The van der Waals surface area contributed by atoms with Crippen LogP contribution in [0, 0.1) is 35.0 Å². The van der Waals surface area contributed by atoms with E-state index in [4.69, 9.17) is 58.3 Å². The standard InChI is InChI=1S/C38H60O20/c1-25(2)18-27(35(48)53-16-12-41)20-34(47)57-23-38(21-55-32(45)8-6-30(43)51-14-10-39,22-56-33(46)9-7-31(44)52-15-11-40)24-58-36(49)28-5-4-26(3)19-29(28)37(50)54-17-13-42/h25-29,39-42H,4-24H2,1-3H3. The summed E-state index contributed by atoms with van der Waals surface area (Å²) in [5.41, 5.74) is -1.84. The molecule has 1 aliphatic carbocycles. The predicted molar refractivity (Wildman–Crippen MR) is 194 cm³/mol. The Morgan fingerprint density at radius 3 is 1.43 bits per heavy atom. The van der Waals surface area contributed by atoms with Gasteiger partial charge in [-0.1, -0.05) is 20.8 Å². The van der Waals surface area contributed by atoms with Crippen molar-refractivity contribution >= 4 is 47.8 Å². The van der Waals surface area contributed by atoms with E-state index in [1.54, 1.807) is 0 Å². The maximum atomic E-state index is 13.7. The lowest BCUT2D eigenvalue weighted by molar-refractivity contribution is -0.178. The molecule has 58 heavy (non-hydrogen) atoms. The average molecular weight is 837 g/mol. The van der Waals surface area contributed by atoms with Crippen molar-refractivity contribution < 1.29 is 96.7 Å². The highest BCUT2D eigenvalue weighted by Crippen LogP contribution is 2.36. The van der Waals surface area contributed by atoms with Crippen LogP contribution in [0.15, 0.2) is 0 Å². The van der Waals surface area contributed by atoms with Crippen molar-refractivity contribution in [3.05, 3.63) is 0 Å². The third kappa shape index (κ3) is 21.4. The van der Waals surface area contributed by atoms with Gasteiger partial charge in [-0.2, -0.15) is 0 Å². The summed E-state index contributed by atoms with van der Waals surface area (Å²) in [4.78, 5) is 102. The largest absolute Gasteiger partial charge is 0.465 e. The van der Waals surface area contributed by atoms with Gasteiger partial charge in [-0.25, -0.2) is 0 Å². The Kier molecular flexibility index (Phi) is 25.7. The van der Waals surface area contributed by atoms with Crippen molar-refractivity contribution in [3.63, 3.8) is 0 Å². The second kappa shape index (κ2) is 28.9. The summed E-state index contributed by atoms with van der Waals surface area (Å²) in [6.45, 7) is -0.353. The minimum Gasteiger partial charge on any atom is -0.465 e. The Labute approximate surface area is 337 Å². The van der Waals surface area contributed by atoms with Crippen molar-refractivity contribution in [1.29, 1.82) is 0 Å². The summed E-state index contributed by atoms with van der Waals surface area (Å²) in [5.74, 6) is -9.73. The zero-order valence-electron chi connectivity index (χ0n) is 33.6. The van der Waals surface area contributed by atoms with Crippen LogP contribution in [-0.2, 0) is 76.3 Å². The van der Waals surface area contributed by atoms with E-state index in [0.29, 0.717) is 6.42 Å². The van der Waals surface area contributed by atoms with Crippen LogP contribution < -0.4 is 0 Å². The van der Waals surface area contributed by atoms with E-state index in [1.807, 2.05) is 20.8 Å². The van der Waals surface area contributed by atoms with Gasteiger partial charge in [0.05, 0.1) is 76.3 Å². The van der Waals surface area contributed by atoms with E-state index < -0.39 is 156 Å². The third-order valence-corrected chi connectivity index (χ3v) is 8.81. The fraction of sp³-hybridized carbons (Fsp3) is 0.789. The lowest BCUT2D eigenvalue weighted by Crippen LogP contribution is -2.45. The molecule has 0 aliphatic heterocycles. The van der Waals surface area contributed by atoms with Crippen LogP contribution in [0.1, 0.15) is 78.6 Å². The van der Waals surface area contributed by atoms with Crippen LogP contribution in [0.5, 0.6) is 0 Å². The Bertz CT molecular complexity index is 1270. The summed E-state index contributed by atoms with van der Waals surface area (Å²) < 4.78 is 41.7. The number of carbonyl (C=O) groups is 8. The summed E-state index contributed by atoms with van der Waals surface area (Å²) in [5, 5.41) is 36.0. The lowest BCUT2D eigenvalue weighted by atomic mass is 9.74. The van der Waals surface area contributed by atoms with Crippen LogP contribution in [0.3, 0.4) is 0 Å². The maximum Gasteiger partial charge on any atom is 0.309 e. The van der Waals surface area contributed by atoms with Crippen LogP contribution in [0.2, 0.25) is 0 Å². The molecule has 1 rings (SSSR count). The van der Waals surface area contributed by atoms with Crippen LogP contribution in [0.25, 0.3) is 0 Å². The molecule has 20 nitrogen and oxygen atoms in total. The Balaban J connectivity index is 3.44. The predicted octanol–water partition coefficient (Wildman–Crippen LogP) is -0.0472. The molecule has 1 fully saturated rings. The van der Waals surface area contributed by atoms with Gasteiger partial charge in [-0.3, -0.25) is 38.4 Å². The first-order valence-corrected chi connectivity index (χ1v) is 19.3. The molecule has 0 aromatic heterocycles. The topological polar surface area (TPSA) is 291 Å². The van der Waals surface area contributed by atoms with Crippen molar-refractivity contribution in [1.82, 2.24) is 0 Å². The van der Waals surface area contributed by atoms with Gasteiger partial charge in [-0.15, -0.1) is 0 Å². The smallest absolute Gasteiger partial charge is 0.309 e. The molecule has 0 radical (unpaired) electrons. The fourth-order valence-electron chi connectivity index (χ4n) is 5.83. The minimum absolute atomic E-state index is 0.0512. The van der Waals surface area contributed by atoms with Gasteiger partial charge in [-0.05, 0) is 37.5 Å². The first kappa shape index (κ1) is 51.6. The SMILES string of the molecule is CC(C)CC(CC(=O)OCC(COC(=O)CCC(=O)OCCO)(COC(=O)CCC(=O)OCCO)COC(=O)C1CCC(C)CC1C(=O)OCCO)C(=O)OCCO. The Hall–Kier alpha value is -4.40. The van der Waals surface area contributed by atoms with Gasteiger partial charge in [0.1, 0.15) is 58.3 Å². The van der Waals surface area contributed by atoms with Crippen LogP contribution in [0.4, 0.5) is 0 Å². The van der Waals surface area contributed by atoms with Crippen molar-refractivity contribution in [2.24, 2.45) is 35.0 Å². The molecule has 4 atom stereocenters. The van der Waals surface area contributed by atoms with E-state index in [9.17, 15) is 38.4 Å². The maximum absolute atomic E-state index is 13.7. The van der Waals surface area contributed by atoms with Gasteiger partial charge in [0, 0.05) is 0 Å². The van der Waals surface area contributed by atoms with Gasteiger partial charge in [0.25, 0.3) is 0 Å². The van der Waals surface area contributed by atoms with E-state index in [1.165, 1.54) is 0 Å². The highest BCUT2D eigenvalue weighted by atomic mass is 16.6. The molecule has 4 unspecified atom stereocenters. The monoisotopic (exact) mass is 836 g/mol. The number of hydrogen-bond acceptors (Lipinski definition) is 20. The number of rotatable bonds is 29. The van der Waals surface area contributed by atoms with E-state index >= 15 is 0 Å². The van der Waals surface area contributed by atoms with Crippen LogP contribution in [-0.4, -0.2) is 147 Å². The second-order valence-corrected chi connectivity index (χ2v) is 14.4. The number of aliphatic hydroxyl groups is 4. The average Bonchev–Trinajstić information content (AvgIpc) is 3.20. The molecule has 4 N–H and O–H groups in total. The van der Waals surface area contributed by atoms with Crippen LogP contribution >= 0.6 is 0 Å². The molecular weight excluding hydrogens is 776 g/mol. The number of aliphatic hydroxyl groups excluding tert-OH is 4. The second-order valence-electron chi connectivity index (χ2n) is 14.4. The molecule has 0 spiro atoms. The zero-order valence-corrected chi connectivity index (χ0v) is 33.6. The molecule has 1 aliphatic rings. The van der Waals surface area contributed by atoms with Crippen molar-refractivity contribution in [2.75, 3.05) is 79.3 Å². The molecule has 0 amide bonds. The van der Waals surface area contributed by atoms with E-state index in [0.717, 1.165) is 0 Å². The first-order chi connectivity index (χ1) is 27.6. The lowest BCUT2D eigenvalue weighted by Gasteiger charge is -2.34. The highest BCUT2D eigenvalue weighted by molar-refractivity contribution is 5.83. The number of carbonyl (C=O) groups excluding carboxylic acids is 8. The fourth-order valence-corrected chi connectivity index (χ4v) is 5.83. The third-order valence-electron chi connectivity index (χ3n) is 8.81. The Morgan fingerprint density at radius 2 is 0.948 bits per heavy atom. The molecule has 0 aromatic rings. The minimum atomic E-state index is -1.84. The normalized spacial score (nSPS) is 17.0. The van der Waals surface area contributed by atoms with Gasteiger partial charge in [0.2, 0.25) is 0 Å². The van der Waals surface area contributed by atoms with E-state index in [-0.39, 0.29) is 57.5 Å². The molecule has 0 aromatic carbocycles. The number of hydrogen-bond donors (Lipinski definition) is 4. The molecule has 0 bridgehead atoms. The molecule has 20 heteroatoms. The summed E-state index contributed by atoms with van der Waals surface area (Å²) in [7, 11) is 0. The highest BCUT2D eigenvalue weighted by Gasteiger charge is 2.43. The van der Waals surface area contributed by atoms with Crippen molar-refractivity contribution in [2.45, 2.75) is 78.6 Å². The molecule has 332 valence electrons. The molecule has 1 saturated carbocycles. The van der Waals surface area contributed by atoms with Gasteiger partial charge < -0.3 is 58.3 Å². The van der Waals surface area contributed by atoms with Gasteiger partial charge in [0.15, 0.2) is 0 Å². The van der Waals surface area contributed by atoms with Gasteiger partial charge >= 0.3 is 47.8 Å². The Morgan fingerprint density at radius 1 is 0.534 bits per heavy atom. The molecular formula is C38H60O20. The summed E-state index contributed by atoms with van der Waals surface area (Å²) in [6, 6.07) is 0. The zero-order chi connectivity index (χ0) is 43.5. The number of ether oxygens (including phenoxy) is 8. The molecule has 0 heterocycles.